The second-order valence-electron chi connectivity index (χ2n) is 6.18. The minimum Gasteiger partial charge on any atom is -0.300 e. The van der Waals surface area contributed by atoms with Crippen molar-refractivity contribution in [2.45, 2.75) is 57.4 Å². The van der Waals surface area contributed by atoms with Crippen molar-refractivity contribution >= 4 is 0 Å². The van der Waals surface area contributed by atoms with Gasteiger partial charge >= 0.3 is 0 Å². The van der Waals surface area contributed by atoms with Gasteiger partial charge in [-0.05, 0) is 50.6 Å². The van der Waals surface area contributed by atoms with Gasteiger partial charge in [0, 0.05) is 19.1 Å². The Kier molecular flexibility index (Phi) is 3.21. The molecule has 3 fully saturated rings. The van der Waals surface area contributed by atoms with Crippen LogP contribution in [-0.4, -0.2) is 37.1 Å². The lowest BCUT2D eigenvalue weighted by Gasteiger charge is -2.43. The zero-order valence-corrected chi connectivity index (χ0v) is 10.5. The lowest BCUT2D eigenvalue weighted by atomic mass is 9.77. The summed E-state index contributed by atoms with van der Waals surface area (Å²) in [6.07, 6.45) is 11.6. The maximum absolute atomic E-state index is 4.58. The van der Waals surface area contributed by atoms with E-state index in [-0.39, 0.29) is 0 Å². The van der Waals surface area contributed by atoms with Crippen LogP contribution in [0.4, 0.5) is 0 Å². The molecule has 91 valence electrons. The molecule has 3 rings (SSSR count). The highest BCUT2D eigenvalue weighted by atomic mass is 15.2. The molecule has 1 radical (unpaired) electrons. The number of hydrogen-bond donors (Lipinski definition) is 0. The first kappa shape index (κ1) is 11.0. The molecule has 0 N–H and O–H groups in total. The number of piperidine rings is 1. The normalized spacial score (nSPS) is 32.2. The molecule has 0 unspecified atom stereocenters. The molecule has 2 nitrogen and oxygen atoms in total. The van der Waals surface area contributed by atoms with Gasteiger partial charge in [0.05, 0.1) is 0 Å². The monoisotopic (exact) mass is 221 g/mol. The van der Waals surface area contributed by atoms with Gasteiger partial charge in [-0.1, -0.05) is 19.3 Å². The molecule has 1 aliphatic carbocycles. The predicted octanol–water partition coefficient (Wildman–Crippen LogP) is 2.41. The number of nitrogens with zero attached hydrogens (tertiary/aromatic N) is 2. The Bertz CT molecular complexity index is 217. The lowest BCUT2D eigenvalue weighted by Crippen LogP contribution is -2.46. The van der Waals surface area contributed by atoms with Gasteiger partial charge in [-0.2, -0.15) is 0 Å². The molecule has 16 heavy (non-hydrogen) atoms. The Labute approximate surface area is 99.8 Å². The van der Waals surface area contributed by atoms with Crippen molar-refractivity contribution in [1.29, 1.82) is 0 Å². The molecule has 0 atom stereocenters. The Hall–Kier alpha value is -0.0800. The zero-order valence-electron chi connectivity index (χ0n) is 10.5. The summed E-state index contributed by atoms with van der Waals surface area (Å²) in [5, 5.41) is 4.58. The van der Waals surface area contributed by atoms with E-state index >= 15 is 0 Å². The first-order valence-electron chi connectivity index (χ1n) is 7.25. The van der Waals surface area contributed by atoms with Crippen LogP contribution in [0.1, 0.15) is 51.4 Å². The van der Waals surface area contributed by atoms with Crippen LogP contribution in [-0.2, 0) is 0 Å². The minimum atomic E-state index is 0.644. The Morgan fingerprint density at radius 3 is 2.31 bits per heavy atom. The summed E-state index contributed by atoms with van der Waals surface area (Å²) < 4.78 is 0. The van der Waals surface area contributed by atoms with Gasteiger partial charge in [0.1, 0.15) is 0 Å². The van der Waals surface area contributed by atoms with Crippen molar-refractivity contribution in [2.75, 3.05) is 26.2 Å². The van der Waals surface area contributed by atoms with Crippen molar-refractivity contribution in [3.63, 3.8) is 0 Å². The van der Waals surface area contributed by atoms with Crippen molar-refractivity contribution in [3.8, 4) is 0 Å². The summed E-state index contributed by atoms with van der Waals surface area (Å²) in [7, 11) is 0. The second-order valence-corrected chi connectivity index (χ2v) is 6.18. The third-order valence-electron chi connectivity index (χ3n) is 5.20. The van der Waals surface area contributed by atoms with Gasteiger partial charge in [-0.25, -0.2) is 5.32 Å². The molecule has 0 bridgehead atoms. The van der Waals surface area contributed by atoms with Crippen LogP contribution in [0.5, 0.6) is 0 Å². The highest BCUT2D eigenvalue weighted by Crippen LogP contribution is 2.39. The molecule has 2 aliphatic heterocycles. The Morgan fingerprint density at radius 2 is 1.69 bits per heavy atom. The Balaban J connectivity index is 1.53. The minimum absolute atomic E-state index is 0.644. The molecular weight excluding hydrogens is 196 g/mol. The van der Waals surface area contributed by atoms with Gasteiger partial charge in [-0.15, -0.1) is 0 Å². The van der Waals surface area contributed by atoms with E-state index in [1.54, 1.807) is 0 Å². The van der Waals surface area contributed by atoms with E-state index < -0.39 is 0 Å². The summed E-state index contributed by atoms with van der Waals surface area (Å²) in [4.78, 5) is 2.79. The molecule has 1 spiro atoms. The topological polar surface area (TPSA) is 17.3 Å². The van der Waals surface area contributed by atoms with Crippen LogP contribution in [0, 0.1) is 5.41 Å². The standard InChI is InChI=1S/C14H25N2/c1-2-4-13(5-3-1)16-10-7-14(8-11-16)6-9-15-12-14/h13H,1-12H2. The molecule has 0 aromatic heterocycles. The first-order chi connectivity index (χ1) is 7.88. The maximum atomic E-state index is 4.58. The van der Waals surface area contributed by atoms with Gasteiger partial charge in [-0.3, -0.25) is 0 Å². The molecular formula is C14H25N2. The van der Waals surface area contributed by atoms with Crippen molar-refractivity contribution in [2.24, 2.45) is 5.41 Å². The highest BCUT2D eigenvalue weighted by molar-refractivity contribution is 4.93. The molecule has 0 aromatic rings. The van der Waals surface area contributed by atoms with Crippen molar-refractivity contribution < 1.29 is 0 Å². The van der Waals surface area contributed by atoms with Gasteiger partial charge in [0.2, 0.25) is 0 Å². The summed E-state index contributed by atoms with van der Waals surface area (Å²) >= 11 is 0. The summed E-state index contributed by atoms with van der Waals surface area (Å²) in [5.74, 6) is 0. The van der Waals surface area contributed by atoms with Crippen molar-refractivity contribution in [1.82, 2.24) is 10.2 Å². The van der Waals surface area contributed by atoms with Gasteiger partial charge < -0.3 is 4.90 Å². The van der Waals surface area contributed by atoms with Crippen LogP contribution < -0.4 is 5.32 Å². The quantitative estimate of drug-likeness (QED) is 0.664. The molecule has 2 saturated heterocycles. The van der Waals surface area contributed by atoms with E-state index in [0.29, 0.717) is 5.41 Å². The molecule has 1 saturated carbocycles. The SMILES string of the molecule is C1CCC(N2CCC3(CC[N]C3)CC2)CC1. The second kappa shape index (κ2) is 4.66. The van der Waals surface area contributed by atoms with Crippen molar-refractivity contribution in [3.05, 3.63) is 0 Å². The van der Waals surface area contributed by atoms with E-state index in [9.17, 15) is 0 Å². The number of rotatable bonds is 1. The largest absolute Gasteiger partial charge is 0.300 e. The van der Waals surface area contributed by atoms with Crippen LogP contribution in [0.3, 0.4) is 0 Å². The van der Waals surface area contributed by atoms with Gasteiger partial charge in [0.25, 0.3) is 0 Å². The molecule has 0 amide bonds. The average Bonchev–Trinajstić information content (AvgIpc) is 2.80. The lowest BCUT2D eigenvalue weighted by molar-refractivity contribution is 0.0679. The highest BCUT2D eigenvalue weighted by Gasteiger charge is 2.38. The average molecular weight is 221 g/mol. The zero-order chi connectivity index (χ0) is 10.8. The van der Waals surface area contributed by atoms with Crippen LogP contribution in [0.25, 0.3) is 0 Å². The van der Waals surface area contributed by atoms with E-state index in [0.717, 1.165) is 12.6 Å². The third-order valence-corrected chi connectivity index (χ3v) is 5.20. The fourth-order valence-corrected chi connectivity index (χ4v) is 3.93. The first-order valence-corrected chi connectivity index (χ1v) is 7.25. The molecule has 2 heteroatoms. The van der Waals surface area contributed by atoms with E-state index in [2.05, 4.69) is 10.2 Å². The summed E-state index contributed by atoms with van der Waals surface area (Å²) in [5.41, 5.74) is 0.644. The third kappa shape index (κ3) is 2.14. The predicted molar refractivity (Wildman–Crippen MR) is 66.6 cm³/mol. The van der Waals surface area contributed by atoms with E-state index in [1.165, 1.54) is 71.0 Å². The molecule has 3 aliphatic rings. The molecule has 0 aromatic carbocycles. The fraction of sp³-hybridized carbons (Fsp3) is 1.00. The summed E-state index contributed by atoms with van der Waals surface area (Å²) in [6, 6.07) is 0.935. The summed E-state index contributed by atoms with van der Waals surface area (Å²) in [6.45, 7) is 5.04. The van der Waals surface area contributed by atoms with E-state index in [4.69, 9.17) is 0 Å². The number of hydrogen-bond acceptors (Lipinski definition) is 1. The smallest absolute Gasteiger partial charge is 0.0191 e. The maximum Gasteiger partial charge on any atom is 0.0191 e. The van der Waals surface area contributed by atoms with E-state index in [1.807, 2.05) is 0 Å². The van der Waals surface area contributed by atoms with Crippen LogP contribution in [0.2, 0.25) is 0 Å². The molecule has 2 heterocycles. The van der Waals surface area contributed by atoms with Gasteiger partial charge in [0.15, 0.2) is 0 Å². The Morgan fingerprint density at radius 1 is 0.938 bits per heavy atom. The number of likely N-dealkylation sites (tertiary alicyclic amines) is 1. The fourth-order valence-electron chi connectivity index (χ4n) is 3.93. The van der Waals surface area contributed by atoms with Crippen LogP contribution in [0.15, 0.2) is 0 Å². The van der Waals surface area contributed by atoms with Crippen LogP contribution >= 0.6 is 0 Å².